The summed E-state index contributed by atoms with van der Waals surface area (Å²) in [7, 11) is 1.60. The topological polar surface area (TPSA) is 74.2 Å². The number of para-hydroxylation sites is 1. The van der Waals surface area contributed by atoms with Gasteiger partial charge in [0.15, 0.2) is 0 Å². The molecular formula is C17H17N3O2. The van der Waals surface area contributed by atoms with Gasteiger partial charge >= 0.3 is 0 Å². The number of rotatable bonds is 6. The summed E-state index contributed by atoms with van der Waals surface area (Å²) in [5.74, 6) is 0.637. The summed E-state index contributed by atoms with van der Waals surface area (Å²) in [6, 6.07) is 16.6. The predicted molar refractivity (Wildman–Crippen MR) is 84.5 cm³/mol. The number of nitriles is 1. The summed E-state index contributed by atoms with van der Waals surface area (Å²) in [5, 5.41) is 14.6. The van der Waals surface area contributed by atoms with Crippen LogP contribution in [0.5, 0.6) is 5.75 Å². The van der Waals surface area contributed by atoms with Crippen molar-refractivity contribution >= 4 is 11.6 Å². The van der Waals surface area contributed by atoms with Gasteiger partial charge in [0.2, 0.25) is 5.91 Å². The van der Waals surface area contributed by atoms with Crippen molar-refractivity contribution in [3.05, 3.63) is 59.7 Å². The van der Waals surface area contributed by atoms with Gasteiger partial charge in [-0.3, -0.25) is 4.79 Å². The number of hydrogen-bond donors (Lipinski definition) is 2. The summed E-state index contributed by atoms with van der Waals surface area (Å²) in [5.41, 5.74) is 2.31. The molecule has 0 fully saturated rings. The van der Waals surface area contributed by atoms with Crippen molar-refractivity contribution in [2.24, 2.45) is 0 Å². The van der Waals surface area contributed by atoms with Crippen molar-refractivity contribution in [3.8, 4) is 11.8 Å². The van der Waals surface area contributed by atoms with Gasteiger partial charge in [-0.25, -0.2) is 0 Å². The number of anilines is 1. The van der Waals surface area contributed by atoms with Crippen LogP contribution in [0.25, 0.3) is 0 Å². The van der Waals surface area contributed by atoms with E-state index in [2.05, 4.69) is 10.6 Å². The molecule has 5 nitrogen and oxygen atoms in total. The van der Waals surface area contributed by atoms with Crippen LogP contribution in [0.2, 0.25) is 0 Å². The second-order valence-electron chi connectivity index (χ2n) is 4.63. The lowest BCUT2D eigenvalue weighted by molar-refractivity contribution is -0.119. The molecule has 2 aromatic carbocycles. The van der Waals surface area contributed by atoms with Gasteiger partial charge in [-0.1, -0.05) is 18.2 Å². The SMILES string of the molecule is COc1ccccc1CNC(=O)CNc1ccc(C#N)cc1. The zero-order valence-corrected chi connectivity index (χ0v) is 12.3. The van der Waals surface area contributed by atoms with Gasteiger partial charge in [0.05, 0.1) is 25.3 Å². The molecule has 0 heterocycles. The first-order chi connectivity index (χ1) is 10.7. The Morgan fingerprint density at radius 2 is 1.91 bits per heavy atom. The second-order valence-corrected chi connectivity index (χ2v) is 4.63. The third-order valence-corrected chi connectivity index (χ3v) is 3.14. The van der Waals surface area contributed by atoms with E-state index in [9.17, 15) is 4.79 Å². The van der Waals surface area contributed by atoms with E-state index >= 15 is 0 Å². The first kappa shape index (κ1) is 15.4. The fourth-order valence-electron chi connectivity index (χ4n) is 1.95. The predicted octanol–water partition coefficient (Wildman–Crippen LogP) is 2.30. The fourth-order valence-corrected chi connectivity index (χ4v) is 1.95. The summed E-state index contributed by atoms with van der Waals surface area (Å²) in [4.78, 5) is 11.8. The highest BCUT2D eigenvalue weighted by Crippen LogP contribution is 2.16. The molecule has 0 atom stereocenters. The molecule has 0 bridgehead atoms. The van der Waals surface area contributed by atoms with Crippen molar-refractivity contribution in [3.63, 3.8) is 0 Å². The zero-order chi connectivity index (χ0) is 15.8. The standard InChI is InChI=1S/C17H17N3O2/c1-22-16-5-3-2-4-14(16)11-20-17(21)12-19-15-8-6-13(10-18)7-9-15/h2-9,19H,11-12H2,1H3,(H,20,21). The molecule has 2 rings (SSSR count). The largest absolute Gasteiger partial charge is 0.496 e. The Morgan fingerprint density at radius 3 is 2.59 bits per heavy atom. The highest BCUT2D eigenvalue weighted by molar-refractivity contribution is 5.80. The molecule has 0 unspecified atom stereocenters. The minimum atomic E-state index is -0.115. The molecule has 112 valence electrons. The van der Waals surface area contributed by atoms with Crippen molar-refractivity contribution in [1.29, 1.82) is 5.26 Å². The average Bonchev–Trinajstić information content (AvgIpc) is 2.58. The van der Waals surface area contributed by atoms with E-state index in [4.69, 9.17) is 10.00 Å². The third kappa shape index (κ3) is 4.25. The molecule has 2 N–H and O–H groups in total. The van der Waals surface area contributed by atoms with Gasteiger partial charge in [-0.15, -0.1) is 0 Å². The highest BCUT2D eigenvalue weighted by Gasteiger charge is 2.05. The summed E-state index contributed by atoms with van der Waals surface area (Å²) in [6.45, 7) is 0.582. The van der Waals surface area contributed by atoms with Gasteiger partial charge in [0.25, 0.3) is 0 Å². The number of carbonyl (C=O) groups is 1. The Hall–Kier alpha value is -3.00. The van der Waals surface area contributed by atoms with E-state index in [0.29, 0.717) is 12.1 Å². The van der Waals surface area contributed by atoms with E-state index in [-0.39, 0.29) is 12.5 Å². The average molecular weight is 295 g/mol. The number of nitrogens with one attached hydrogen (secondary N) is 2. The number of methoxy groups -OCH3 is 1. The number of carbonyl (C=O) groups excluding carboxylic acids is 1. The highest BCUT2D eigenvalue weighted by atomic mass is 16.5. The number of hydrogen-bond acceptors (Lipinski definition) is 4. The van der Waals surface area contributed by atoms with Gasteiger partial charge in [-0.2, -0.15) is 5.26 Å². The number of nitrogens with zero attached hydrogens (tertiary/aromatic N) is 1. The van der Waals surface area contributed by atoms with Gasteiger partial charge in [-0.05, 0) is 30.3 Å². The number of ether oxygens (including phenoxy) is 1. The maximum atomic E-state index is 11.8. The van der Waals surface area contributed by atoms with Crippen molar-refractivity contribution in [2.75, 3.05) is 19.0 Å². The summed E-state index contributed by atoms with van der Waals surface area (Å²) >= 11 is 0. The first-order valence-electron chi connectivity index (χ1n) is 6.85. The summed E-state index contributed by atoms with van der Waals surface area (Å²) in [6.07, 6.45) is 0. The first-order valence-corrected chi connectivity index (χ1v) is 6.85. The maximum Gasteiger partial charge on any atom is 0.239 e. The van der Waals surface area contributed by atoms with Crippen LogP contribution < -0.4 is 15.4 Å². The minimum Gasteiger partial charge on any atom is -0.496 e. The lowest BCUT2D eigenvalue weighted by Crippen LogP contribution is -2.29. The third-order valence-electron chi connectivity index (χ3n) is 3.14. The molecule has 0 aliphatic heterocycles. The molecule has 0 saturated heterocycles. The van der Waals surface area contributed by atoms with Crippen molar-refractivity contribution in [2.45, 2.75) is 6.54 Å². The van der Waals surface area contributed by atoms with Crippen LogP contribution in [0.15, 0.2) is 48.5 Å². The normalized spacial score (nSPS) is 9.64. The van der Waals surface area contributed by atoms with Crippen LogP contribution in [0, 0.1) is 11.3 Å². The van der Waals surface area contributed by atoms with Gasteiger partial charge in [0, 0.05) is 17.8 Å². The van der Waals surface area contributed by atoms with Crippen LogP contribution in [0.1, 0.15) is 11.1 Å². The molecule has 1 amide bonds. The Kier molecular flexibility index (Phi) is 5.38. The molecular weight excluding hydrogens is 278 g/mol. The quantitative estimate of drug-likeness (QED) is 0.857. The smallest absolute Gasteiger partial charge is 0.239 e. The molecule has 0 saturated carbocycles. The number of amides is 1. The molecule has 0 spiro atoms. The van der Waals surface area contributed by atoms with E-state index < -0.39 is 0 Å². The monoisotopic (exact) mass is 295 g/mol. The van der Waals surface area contributed by atoms with Crippen LogP contribution >= 0.6 is 0 Å². The van der Waals surface area contributed by atoms with E-state index in [1.807, 2.05) is 30.3 Å². The summed E-state index contributed by atoms with van der Waals surface area (Å²) < 4.78 is 5.24. The van der Waals surface area contributed by atoms with Crippen molar-refractivity contribution < 1.29 is 9.53 Å². The Labute approximate surface area is 129 Å². The second kappa shape index (κ2) is 7.70. The van der Waals surface area contributed by atoms with Gasteiger partial charge in [0.1, 0.15) is 5.75 Å². The molecule has 0 aliphatic carbocycles. The minimum absolute atomic E-state index is 0.115. The molecule has 22 heavy (non-hydrogen) atoms. The van der Waals surface area contributed by atoms with E-state index in [0.717, 1.165) is 17.0 Å². The van der Waals surface area contributed by atoms with Crippen LogP contribution in [0.4, 0.5) is 5.69 Å². The lowest BCUT2D eigenvalue weighted by atomic mass is 10.2. The Bertz CT molecular complexity index is 675. The zero-order valence-electron chi connectivity index (χ0n) is 12.3. The molecule has 5 heteroatoms. The van der Waals surface area contributed by atoms with Crippen LogP contribution in [0.3, 0.4) is 0 Å². The Balaban J connectivity index is 1.81. The fraction of sp³-hybridized carbons (Fsp3) is 0.176. The number of benzene rings is 2. The van der Waals surface area contributed by atoms with E-state index in [1.165, 1.54) is 0 Å². The maximum absolute atomic E-state index is 11.8. The molecule has 0 aromatic heterocycles. The van der Waals surface area contributed by atoms with Gasteiger partial charge < -0.3 is 15.4 Å². The van der Waals surface area contributed by atoms with Crippen LogP contribution in [-0.2, 0) is 11.3 Å². The van der Waals surface area contributed by atoms with E-state index in [1.54, 1.807) is 31.4 Å². The van der Waals surface area contributed by atoms with Crippen LogP contribution in [-0.4, -0.2) is 19.6 Å². The molecule has 0 aliphatic rings. The molecule has 2 aromatic rings. The van der Waals surface area contributed by atoms with Crippen molar-refractivity contribution in [1.82, 2.24) is 5.32 Å². The Morgan fingerprint density at radius 1 is 1.18 bits per heavy atom. The lowest BCUT2D eigenvalue weighted by Gasteiger charge is -2.10. The molecule has 0 radical (unpaired) electrons.